The lowest BCUT2D eigenvalue weighted by Gasteiger charge is -2.30. The van der Waals surface area contributed by atoms with E-state index in [4.69, 9.17) is 0 Å². The van der Waals surface area contributed by atoms with E-state index in [-0.39, 0.29) is 22.9 Å². The molecule has 9 rings (SSSR count). The van der Waals surface area contributed by atoms with Crippen molar-refractivity contribution < 1.29 is 29.4 Å². The Kier molecular flexibility index (Phi) is 4.52. The third kappa shape index (κ3) is 2.91. The number of carbonyl (C=O) groups is 4. The van der Waals surface area contributed by atoms with E-state index >= 15 is 0 Å². The zero-order valence-electron chi connectivity index (χ0n) is 22.7. The molecule has 0 spiro atoms. The van der Waals surface area contributed by atoms with E-state index in [2.05, 4.69) is 0 Å². The minimum Gasteiger partial charge on any atom is -0.508 e. The summed E-state index contributed by atoms with van der Waals surface area (Å²) in [5.41, 5.74) is 2.01. The van der Waals surface area contributed by atoms with Gasteiger partial charge in [0.15, 0.2) is 0 Å². The molecule has 8 heteroatoms. The average Bonchev–Trinajstić information content (AvgIpc) is 3.02. The second kappa shape index (κ2) is 8.17. The molecule has 0 saturated heterocycles. The van der Waals surface area contributed by atoms with Crippen LogP contribution in [-0.4, -0.2) is 33.8 Å². The quantitative estimate of drug-likeness (QED) is 0.134. The van der Waals surface area contributed by atoms with Crippen LogP contribution in [0, 0.1) is 0 Å². The number of benzene rings is 7. The molecule has 0 aromatic heterocycles. The molecule has 2 aliphatic heterocycles. The maximum Gasteiger partial charge on any atom is 0.265 e. The topological polar surface area (TPSA) is 115 Å². The summed E-state index contributed by atoms with van der Waals surface area (Å²) in [5, 5.41) is 25.8. The average molecular weight is 575 g/mol. The van der Waals surface area contributed by atoms with Gasteiger partial charge < -0.3 is 10.2 Å². The largest absolute Gasteiger partial charge is 0.508 e. The van der Waals surface area contributed by atoms with Crippen LogP contribution >= 0.6 is 0 Å². The number of hydrogen-bond acceptors (Lipinski definition) is 6. The predicted molar refractivity (Wildman–Crippen MR) is 166 cm³/mol. The van der Waals surface area contributed by atoms with Gasteiger partial charge in [-0.1, -0.05) is 36.4 Å². The fourth-order valence-corrected chi connectivity index (χ4v) is 7.00. The van der Waals surface area contributed by atoms with E-state index in [1.165, 1.54) is 24.3 Å². The SMILES string of the molecule is O=C1c2ccc3c4ccc5c6c(ccc(c7ccc(c2c37)C(=O)N1c1cccc(O)c1)c64)C(=O)N(c1cccc(O)c1)C5=O. The van der Waals surface area contributed by atoms with Gasteiger partial charge in [-0.15, -0.1) is 0 Å². The molecule has 208 valence electrons. The van der Waals surface area contributed by atoms with Crippen LogP contribution in [0.25, 0.3) is 43.1 Å². The van der Waals surface area contributed by atoms with E-state index in [1.807, 2.05) is 24.3 Å². The molecule has 0 saturated carbocycles. The predicted octanol–water partition coefficient (Wildman–Crippen LogP) is 6.75. The van der Waals surface area contributed by atoms with Crippen molar-refractivity contribution in [2.75, 3.05) is 9.80 Å². The zero-order chi connectivity index (χ0) is 30.0. The van der Waals surface area contributed by atoms with E-state index in [0.29, 0.717) is 33.0 Å². The van der Waals surface area contributed by atoms with Crippen molar-refractivity contribution in [3.63, 3.8) is 0 Å². The van der Waals surface area contributed by atoms with E-state index < -0.39 is 23.6 Å². The van der Waals surface area contributed by atoms with Crippen molar-refractivity contribution in [2.45, 2.75) is 0 Å². The van der Waals surface area contributed by atoms with Crippen LogP contribution in [0.2, 0.25) is 0 Å². The second-order valence-corrected chi connectivity index (χ2v) is 11.1. The normalized spacial score (nSPS) is 14.6. The Hall–Kier alpha value is -6.28. The highest BCUT2D eigenvalue weighted by molar-refractivity contribution is 6.45. The number of carbonyl (C=O) groups excluding carboxylic acids is 4. The molecule has 4 amide bonds. The van der Waals surface area contributed by atoms with Crippen LogP contribution in [0.15, 0.2) is 97.1 Å². The van der Waals surface area contributed by atoms with Crippen LogP contribution in [-0.2, 0) is 0 Å². The minimum atomic E-state index is -0.490. The number of anilines is 2. The van der Waals surface area contributed by atoms with Crippen molar-refractivity contribution in [1.29, 1.82) is 0 Å². The molecule has 7 aromatic rings. The van der Waals surface area contributed by atoms with Crippen LogP contribution in [0.4, 0.5) is 11.4 Å². The number of fused-ring (bicyclic) bond motifs is 2. The molecular weight excluding hydrogens is 556 g/mol. The first-order chi connectivity index (χ1) is 21.3. The van der Waals surface area contributed by atoms with Crippen molar-refractivity contribution in [3.05, 3.63) is 119 Å². The summed E-state index contributed by atoms with van der Waals surface area (Å²) >= 11 is 0. The highest BCUT2D eigenvalue weighted by Gasteiger charge is 2.38. The van der Waals surface area contributed by atoms with Gasteiger partial charge in [0.1, 0.15) is 11.5 Å². The van der Waals surface area contributed by atoms with Crippen molar-refractivity contribution in [1.82, 2.24) is 0 Å². The number of phenols is 2. The Balaban J connectivity index is 1.32. The monoisotopic (exact) mass is 574 g/mol. The Labute approximate surface area is 247 Å². The Morgan fingerprint density at radius 2 is 0.705 bits per heavy atom. The van der Waals surface area contributed by atoms with E-state index in [1.54, 1.807) is 48.5 Å². The van der Waals surface area contributed by atoms with Crippen LogP contribution in [0.1, 0.15) is 41.4 Å². The van der Waals surface area contributed by atoms with Crippen LogP contribution < -0.4 is 9.80 Å². The van der Waals surface area contributed by atoms with E-state index in [9.17, 15) is 29.4 Å². The first kappa shape index (κ1) is 24.3. The molecule has 0 aliphatic carbocycles. The van der Waals surface area contributed by atoms with Gasteiger partial charge in [-0.05, 0) is 80.8 Å². The summed E-state index contributed by atoms with van der Waals surface area (Å²) in [4.78, 5) is 57.3. The highest BCUT2D eigenvalue weighted by Crippen LogP contribution is 2.47. The number of amides is 4. The molecular formula is C36H18N2O6. The van der Waals surface area contributed by atoms with Crippen LogP contribution in [0.3, 0.4) is 0 Å². The molecule has 0 bridgehead atoms. The number of aromatic hydroxyl groups is 2. The molecule has 2 aliphatic rings. The Morgan fingerprint density at radius 1 is 0.386 bits per heavy atom. The summed E-state index contributed by atoms with van der Waals surface area (Å²) in [5.74, 6) is -2.07. The smallest absolute Gasteiger partial charge is 0.265 e. The highest BCUT2D eigenvalue weighted by atomic mass is 16.3. The molecule has 2 heterocycles. The number of hydrogen-bond donors (Lipinski definition) is 2. The molecule has 44 heavy (non-hydrogen) atoms. The van der Waals surface area contributed by atoms with Crippen molar-refractivity contribution in [3.8, 4) is 11.5 Å². The summed E-state index contributed by atoms with van der Waals surface area (Å²) < 4.78 is 0. The van der Waals surface area contributed by atoms with Gasteiger partial charge >= 0.3 is 0 Å². The third-order valence-corrected chi connectivity index (χ3v) is 8.81. The lowest BCUT2D eigenvalue weighted by molar-refractivity contribution is 0.0877. The fourth-order valence-electron chi connectivity index (χ4n) is 7.00. The van der Waals surface area contributed by atoms with Gasteiger partial charge in [0.05, 0.1) is 11.4 Å². The number of phenolic OH excluding ortho intramolecular Hbond substituents is 2. The van der Waals surface area contributed by atoms with E-state index in [0.717, 1.165) is 42.1 Å². The second-order valence-electron chi connectivity index (χ2n) is 11.1. The molecule has 0 unspecified atom stereocenters. The summed E-state index contributed by atoms with van der Waals surface area (Å²) in [6, 6.07) is 26.3. The summed E-state index contributed by atoms with van der Waals surface area (Å²) in [7, 11) is 0. The zero-order valence-corrected chi connectivity index (χ0v) is 22.7. The number of rotatable bonds is 2. The standard InChI is InChI=1S/C36H18N2O6/c39-19-5-1-3-17(15-19)37-33(41)25-11-7-21-23-9-13-27-32-28(36(44)38(35(27)43)18-4-2-6-20(40)16-18)14-10-24(30(23)32)22-8-12-26(34(37)42)31(25)29(21)22/h1-16,39-40H. The molecule has 0 fully saturated rings. The van der Waals surface area contributed by atoms with Gasteiger partial charge in [-0.25, -0.2) is 9.80 Å². The first-order valence-electron chi connectivity index (χ1n) is 13.9. The van der Waals surface area contributed by atoms with Crippen molar-refractivity contribution >= 4 is 78.1 Å². The van der Waals surface area contributed by atoms with Gasteiger partial charge in [-0.3, -0.25) is 19.2 Å². The number of imide groups is 2. The molecule has 8 nitrogen and oxygen atoms in total. The van der Waals surface area contributed by atoms with Gasteiger partial charge in [-0.2, -0.15) is 0 Å². The molecule has 0 atom stereocenters. The Bertz CT molecular complexity index is 2220. The first-order valence-corrected chi connectivity index (χ1v) is 13.9. The minimum absolute atomic E-state index is 0.0576. The molecule has 0 radical (unpaired) electrons. The fraction of sp³-hybridized carbons (Fsp3) is 0. The summed E-state index contributed by atoms with van der Waals surface area (Å²) in [6.07, 6.45) is 0. The van der Waals surface area contributed by atoms with Gasteiger partial charge in [0.2, 0.25) is 0 Å². The maximum absolute atomic E-state index is 13.8. The maximum atomic E-state index is 13.8. The summed E-state index contributed by atoms with van der Waals surface area (Å²) in [6.45, 7) is 0. The van der Waals surface area contributed by atoms with Gasteiger partial charge in [0.25, 0.3) is 23.6 Å². The lowest BCUT2D eigenvalue weighted by atomic mass is 9.82. The van der Waals surface area contributed by atoms with Crippen molar-refractivity contribution in [2.24, 2.45) is 0 Å². The number of nitrogens with zero attached hydrogens (tertiary/aromatic N) is 2. The third-order valence-electron chi connectivity index (χ3n) is 8.81. The Morgan fingerprint density at radius 3 is 1.00 bits per heavy atom. The molecule has 7 aromatic carbocycles. The van der Waals surface area contributed by atoms with Crippen LogP contribution in [0.5, 0.6) is 11.5 Å². The van der Waals surface area contributed by atoms with Gasteiger partial charge in [0, 0.05) is 45.2 Å². The molecule has 2 N–H and O–H groups in total. The lowest BCUT2D eigenvalue weighted by Crippen LogP contribution is -2.40.